The molecule has 3 atom stereocenters. The van der Waals surface area contributed by atoms with Crippen LogP contribution in [-0.2, 0) is 9.53 Å². The van der Waals surface area contributed by atoms with Crippen molar-refractivity contribution >= 4 is 40.0 Å². The summed E-state index contributed by atoms with van der Waals surface area (Å²) in [7, 11) is 1.66. The first-order valence-electron chi connectivity index (χ1n) is 19.1. The normalized spacial score (nSPS) is 23.2. The minimum Gasteiger partial charge on any atom is -0.494 e. The molecule has 2 saturated heterocycles. The second-order valence-electron chi connectivity index (χ2n) is 15.4. The molecular formula is C41H51N7O4. The molecule has 2 bridgehead atoms. The Morgan fingerprint density at radius 1 is 0.981 bits per heavy atom. The molecule has 0 spiro atoms. The maximum Gasteiger partial charge on any atom is 0.257 e. The molecule has 52 heavy (non-hydrogen) atoms. The SMILES string of the molecule is CCC1CC2CCC(CC(=O)N3CCN(c4ccc(Nc5ncc6c(C)cc(=O)n(-c7cccc(N8CCOCC8)c7)c6n5)c(OC)c4)CC3)(C1)C2. The van der Waals surface area contributed by atoms with Gasteiger partial charge in [-0.25, -0.2) is 4.98 Å². The van der Waals surface area contributed by atoms with E-state index in [2.05, 4.69) is 44.1 Å². The highest BCUT2D eigenvalue weighted by atomic mass is 16.5. The van der Waals surface area contributed by atoms with Crippen molar-refractivity contribution in [1.29, 1.82) is 0 Å². The number of fused-ring (bicyclic) bond motifs is 3. The van der Waals surface area contributed by atoms with Crippen LogP contribution in [0.3, 0.4) is 0 Å². The van der Waals surface area contributed by atoms with Crippen LogP contribution in [0.4, 0.5) is 23.0 Å². The van der Waals surface area contributed by atoms with Crippen molar-refractivity contribution in [3.63, 3.8) is 0 Å². The van der Waals surface area contributed by atoms with Crippen LogP contribution in [0.5, 0.6) is 5.75 Å². The average molecular weight is 706 g/mol. The van der Waals surface area contributed by atoms with E-state index < -0.39 is 0 Å². The molecule has 0 radical (unpaired) electrons. The molecule has 4 fully saturated rings. The Morgan fingerprint density at radius 2 is 1.75 bits per heavy atom. The van der Waals surface area contributed by atoms with Crippen LogP contribution < -0.4 is 25.4 Å². The van der Waals surface area contributed by atoms with Gasteiger partial charge in [0, 0.05) is 80.8 Å². The Hall–Kier alpha value is -4.64. The zero-order chi connectivity index (χ0) is 35.8. The van der Waals surface area contributed by atoms with Gasteiger partial charge < -0.3 is 29.5 Å². The zero-order valence-electron chi connectivity index (χ0n) is 30.8. The minimum atomic E-state index is -0.150. The first kappa shape index (κ1) is 34.4. The molecular weight excluding hydrogens is 654 g/mol. The maximum absolute atomic E-state index is 13.5. The summed E-state index contributed by atoms with van der Waals surface area (Å²) in [4.78, 5) is 43.3. The first-order chi connectivity index (χ1) is 25.3. The number of aromatic nitrogens is 3. The van der Waals surface area contributed by atoms with Gasteiger partial charge in [-0.1, -0.05) is 19.4 Å². The number of hydrogen-bond acceptors (Lipinski definition) is 9. The summed E-state index contributed by atoms with van der Waals surface area (Å²) in [5, 5.41) is 4.15. The fourth-order valence-corrected chi connectivity index (χ4v) is 9.38. The summed E-state index contributed by atoms with van der Waals surface area (Å²) in [5.74, 6) is 3.00. The predicted octanol–water partition coefficient (Wildman–Crippen LogP) is 6.32. The average Bonchev–Trinajstić information content (AvgIpc) is 3.47. The number of morpholine rings is 1. The Kier molecular flexibility index (Phi) is 9.55. The number of anilines is 4. The van der Waals surface area contributed by atoms with Crippen LogP contribution in [0, 0.1) is 24.2 Å². The molecule has 4 aromatic rings. The van der Waals surface area contributed by atoms with E-state index >= 15 is 0 Å². The smallest absolute Gasteiger partial charge is 0.257 e. The third-order valence-corrected chi connectivity index (χ3v) is 12.2. The van der Waals surface area contributed by atoms with Gasteiger partial charge in [0.15, 0.2) is 5.65 Å². The van der Waals surface area contributed by atoms with Crippen LogP contribution in [-0.4, -0.2) is 84.9 Å². The predicted molar refractivity (Wildman–Crippen MR) is 205 cm³/mol. The van der Waals surface area contributed by atoms with Crippen LogP contribution in [0.15, 0.2) is 59.5 Å². The summed E-state index contributed by atoms with van der Waals surface area (Å²) < 4.78 is 13.0. The summed E-state index contributed by atoms with van der Waals surface area (Å²) in [5.41, 5.74) is 5.01. The number of nitrogens with zero attached hydrogens (tertiary/aromatic N) is 6. The lowest BCUT2D eigenvalue weighted by atomic mass is 9.68. The van der Waals surface area contributed by atoms with E-state index in [1.165, 1.54) is 38.5 Å². The lowest BCUT2D eigenvalue weighted by Gasteiger charge is -2.41. The highest BCUT2D eigenvalue weighted by Crippen LogP contribution is 2.56. The van der Waals surface area contributed by atoms with Crippen molar-refractivity contribution in [2.75, 3.05) is 74.7 Å². The molecule has 2 saturated carbocycles. The van der Waals surface area contributed by atoms with Gasteiger partial charge in [0.1, 0.15) is 5.75 Å². The van der Waals surface area contributed by atoms with Crippen molar-refractivity contribution in [3.05, 3.63) is 70.6 Å². The number of benzene rings is 2. The van der Waals surface area contributed by atoms with E-state index in [1.807, 2.05) is 37.3 Å². The number of hydrogen-bond donors (Lipinski definition) is 1. The van der Waals surface area contributed by atoms with Gasteiger partial charge in [0.05, 0.1) is 31.7 Å². The van der Waals surface area contributed by atoms with Crippen molar-refractivity contribution in [2.24, 2.45) is 17.3 Å². The van der Waals surface area contributed by atoms with Gasteiger partial charge in [0.25, 0.3) is 5.56 Å². The van der Waals surface area contributed by atoms with E-state index in [4.69, 9.17) is 14.5 Å². The lowest BCUT2D eigenvalue weighted by molar-refractivity contribution is -0.134. The molecule has 11 nitrogen and oxygen atoms in total. The molecule has 4 heterocycles. The highest BCUT2D eigenvalue weighted by molar-refractivity contribution is 5.82. The number of amides is 1. The molecule has 8 rings (SSSR count). The second-order valence-corrected chi connectivity index (χ2v) is 15.4. The number of methoxy groups -OCH3 is 1. The van der Waals surface area contributed by atoms with Crippen molar-refractivity contribution < 1.29 is 14.3 Å². The Labute approximate surface area is 305 Å². The van der Waals surface area contributed by atoms with Crippen LogP contribution in [0.25, 0.3) is 16.7 Å². The second kappa shape index (κ2) is 14.4. The molecule has 1 amide bonds. The monoisotopic (exact) mass is 705 g/mol. The Morgan fingerprint density at radius 3 is 2.54 bits per heavy atom. The number of pyridine rings is 1. The summed E-state index contributed by atoms with van der Waals surface area (Å²) in [6, 6.07) is 15.7. The van der Waals surface area contributed by atoms with Gasteiger partial charge in [-0.05, 0) is 92.2 Å². The largest absolute Gasteiger partial charge is 0.494 e. The summed E-state index contributed by atoms with van der Waals surface area (Å²) in [6.07, 6.45) is 10.1. The Balaban J connectivity index is 0.974. The third kappa shape index (κ3) is 6.83. The summed E-state index contributed by atoms with van der Waals surface area (Å²) in [6.45, 7) is 10.2. The maximum atomic E-state index is 13.5. The lowest BCUT2D eigenvalue weighted by Crippen LogP contribution is -2.49. The first-order valence-corrected chi connectivity index (χ1v) is 19.1. The topological polar surface area (TPSA) is 105 Å². The van der Waals surface area contributed by atoms with Gasteiger partial charge in [-0.3, -0.25) is 14.2 Å². The fraction of sp³-hybridized carbons (Fsp3) is 0.512. The number of piperazine rings is 1. The van der Waals surface area contributed by atoms with E-state index in [-0.39, 0.29) is 11.0 Å². The molecule has 2 aliphatic carbocycles. The van der Waals surface area contributed by atoms with E-state index in [1.54, 1.807) is 23.9 Å². The number of rotatable bonds is 9. The number of carbonyl (C=O) groups excluding carboxylic acids is 1. The quantitative estimate of drug-likeness (QED) is 0.214. The van der Waals surface area contributed by atoms with Gasteiger partial charge in [-0.2, -0.15) is 4.98 Å². The number of nitrogens with one attached hydrogen (secondary N) is 1. The van der Waals surface area contributed by atoms with Crippen LogP contribution >= 0.6 is 0 Å². The zero-order valence-corrected chi connectivity index (χ0v) is 30.8. The van der Waals surface area contributed by atoms with Crippen molar-refractivity contribution in [1.82, 2.24) is 19.4 Å². The van der Waals surface area contributed by atoms with Crippen molar-refractivity contribution in [3.8, 4) is 11.4 Å². The molecule has 4 aliphatic rings. The molecule has 2 aromatic heterocycles. The van der Waals surface area contributed by atoms with E-state index in [0.29, 0.717) is 36.5 Å². The number of ether oxygens (including phenoxy) is 2. The highest BCUT2D eigenvalue weighted by Gasteiger charge is 2.46. The molecule has 2 aromatic carbocycles. The number of carbonyl (C=O) groups is 1. The van der Waals surface area contributed by atoms with E-state index in [9.17, 15) is 9.59 Å². The molecule has 1 N–H and O–H groups in total. The summed E-state index contributed by atoms with van der Waals surface area (Å²) >= 11 is 0. The van der Waals surface area contributed by atoms with Crippen LogP contribution in [0.2, 0.25) is 0 Å². The van der Waals surface area contributed by atoms with E-state index in [0.717, 1.165) is 91.2 Å². The number of aryl methyl sites for hydroxylation is 1. The standard InChI is InChI=1S/C41H51N7O4/c1-4-29-21-30-10-11-41(24-29,25-30)26-38(50)47-14-12-45(13-15-47)32-8-9-35(36(23-32)51-3)43-40-42-27-34-28(2)20-37(49)48(39(34)44-40)33-7-5-6-31(22-33)46-16-18-52-19-17-46/h5-9,20,22-23,27,29-30H,4,10-19,21,24-26H2,1-3H3,(H,42,43,44). The van der Waals surface area contributed by atoms with Gasteiger partial charge >= 0.3 is 0 Å². The van der Waals surface area contributed by atoms with Crippen molar-refractivity contribution in [2.45, 2.75) is 58.8 Å². The third-order valence-electron chi connectivity index (χ3n) is 12.2. The van der Waals surface area contributed by atoms with Gasteiger partial charge in [0.2, 0.25) is 11.9 Å². The molecule has 274 valence electrons. The van der Waals surface area contributed by atoms with Gasteiger partial charge in [-0.15, -0.1) is 0 Å². The molecule has 2 aliphatic heterocycles. The fourth-order valence-electron chi connectivity index (χ4n) is 9.38. The molecule has 11 heteroatoms. The molecule has 3 unspecified atom stereocenters. The Bertz CT molecular complexity index is 2000. The van der Waals surface area contributed by atoms with Crippen LogP contribution in [0.1, 0.15) is 57.4 Å². The minimum absolute atomic E-state index is 0.150.